The van der Waals surface area contributed by atoms with Gasteiger partial charge >= 0.3 is 0 Å². The molecule has 0 aliphatic rings. The normalized spacial score (nSPS) is 10.5. The molecule has 1 aromatic heterocycles. The van der Waals surface area contributed by atoms with Crippen molar-refractivity contribution in [2.75, 3.05) is 6.54 Å². The van der Waals surface area contributed by atoms with Gasteiger partial charge in [0.1, 0.15) is 0 Å². The summed E-state index contributed by atoms with van der Waals surface area (Å²) in [6.07, 6.45) is 7.91. The quantitative estimate of drug-likeness (QED) is 0.747. The van der Waals surface area contributed by atoms with Gasteiger partial charge < -0.3 is 9.47 Å². The van der Waals surface area contributed by atoms with Crippen LogP contribution in [0.15, 0.2) is 49.1 Å². The first-order chi connectivity index (χ1) is 10.3. The summed E-state index contributed by atoms with van der Waals surface area (Å²) >= 11 is 0. The summed E-state index contributed by atoms with van der Waals surface area (Å²) in [5, 5.41) is 0. The van der Waals surface area contributed by atoms with E-state index < -0.39 is 0 Å². The van der Waals surface area contributed by atoms with Crippen LogP contribution in [0.1, 0.15) is 31.7 Å². The molecule has 0 unspecified atom stereocenters. The highest BCUT2D eigenvalue weighted by molar-refractivity contribution is 5.76. The van der Waals surface area contributed by atoms with Crippen molar-refractivity contribution >= 4 is 5.91 Å². The molecule has 0 aliphatic carbocycles. The highest BCUT2D eigenvalue weighted by Crippen LogP contribution is 2.08. The summed E-state index contributed by atoms with van der Waals surface area (Å²) in [5.74, 6) is 0.237. The van der Waals surface area contributed by atoms with Crippen molar-refractivity contribution in [2.24, 2.45) is 0 Å². The highest BCUT2D eigenvalue weighted by atomic mass is 16.2. The molecule has 2 aromatic rings. The Labute approximate surface area is 126 Å². The Hall–Kier alpha value is -2.10. The minimum absolute atomic E-state index is 0.237. The second-order valence-corrected chi connectivity index (χ2v) is 5.20. The fraction of sp³-hybridized carbons (Fsp3) is 0.412. The molecule has 0 bridgehead atoms. The summed E-state index contributed by atoms with van der Waals surface area (Å²) in [6, 6.07) is 10.2. The third kappa shape index (κ3) is 5.06. The fourth-order valence-electron chi connectivity index (χ4n) is 2.36. The van der Waals surface area contributed by atoms with E-state index in [-0.39, 0.29) is 5.91 Å². The molecule has 1 amide bonds. The van der Waals surface area contributed by atoms with Crippen LogP contribution < -0.4 is 0 Å². The Kier molecular flexibility index (Phi) is 6.00. The summed E-state index contributed by atoms with van der Waals surface area (Å²) in [4.78, 5) is 18.3. The molecule has 0 atom stereocenters. The van der Waals surface area contributed by atoms with Crippen molar-refractivity contribution < 1.29 is 4.79 Å². The van der Waals surface area contributed by atoms with Crippen LogP contribution in [0.5, 0.6) is 0 Å². The van der Waals surface area contributed by atoms with Gasteiger partial charge in [0.25, 0.3) is 0 Å². The minimum Gasteiger partial charge on any atom is -0.338 e. The maximum atomic E-state index is 12.4. The number of hydrogen-bond donors (Lipinski definition) is 0. The number of hydrogen-bond acceptors (Lipinski definition) is 2. The second kappa shape index (κ2) is 8.25. The van der Waals surface area contributed by atoms with Crippen molar-refractivity contribution in [1.82, 2.24) is 14.5 Å². The molecule has 0 aliphatic heterocycles. The fourth-order valence-corrected chi connectivity index (χ4v) is 2.36. The van der Waals surface area contributed by atoms with Crippen LogP contribution in [0, 0.1) is 0 Å². The lowest BCUT2D eigenvalue weighted by Gasteiger charge is -2.22. The summed E-state index contributed by atoms with van der Waals surface area (Å²) in [7, 11) is 0. The number of imidazole rings is 1. The highest BCUT2D eigenvalue weighted by Gasteiger charge is 2.12. The van der Waals surface area contributed by atoms with Crippen molar-refractivity contribution in [2.45, 2.75) is 39.3 Å². The third-order valence-electron chi connectivity index (χ3n) is 3.43. The lowest BCUT2D eigenvalue weighted by atomic mass is 10.2. The lowest BCUT2D eigenvalue weighted by Crippen LogP contribution is -2.31. The molecule has 4 heteroatoms. The number of nitrogens with zero attached hydrogens (tertiary/aromatic N) is 3. The van der Waals surface area contributed by atoms with Crippen LogP contribution in [0.4, 0.5) is 0 Å². The maximum absolute atomic E-state index is 12.4. The zero-order valence-corrected chi connectivity index (χ0v) is 12.6. The molecule has 1 heterocycles. The topological polar surface area (TPSA) is 38.1 Å². The van der Waals surface area contributed by atoms with E-state index in [1.54, 1.807) is 12.5 Å². The van der Waals surface area contributed by atoms with Crippen LogP contribution in [-0.2, 0) is 17.9 Å². The van der Waals surface area contributed by atoms with Crippen LogP contribution >= 0.6 is 0 Å². The van der Waals surface area contributed by atoms with Gasteiger partial charge in [-0.05, 0) is 18.4 Å². The molecule has 112 valence electrons. The van der Waals surface area contributed by atoms with Crippen LogP contribution in [0.2, 0.25) is 0 Å². The predicted molar refractivity (Wildman–Crippen MR) is 83.6 cm³/mol. The molecule has 1 aromatic carbocycles. The van der Waals surface area contributed by atoms with Crippen LogP contribution in [0.25, 0.3) is 0 Å². The second-order valence-electron chi connectivity index (χ2n) is 5.20. The molecule has 0 fully saturated rings. The Morgan fingerprint density at radius 3 is 2.76 bits per heavy atom. The van der Waals surface area contributed by atoms with E-state index in [4.69, 9.17) is 0 Å². The molecule has 0 radical (unpaired) electrons. The van der Waals surface area contributed by atoms with Gasteiger partial charge in [0.05, 0.1) is 6.33 Å². The number of benzene rings is 1. The molecule has 0 saturated carbocycles. The van der Waals surface area contributed by atoms with Crippen molar-refractivity contribution in [1.29, 1.82) is 0 Å². The van der Waals surface area contributed by atoms with Crippen molar-refractivity contribution in [3.8, 4) is 0 Å². The standard InChI is InChI=1S/C17H23N3O/c1-2-11-20(14-16-7-4-3-5-8-16)17(21)9-6-12-19-13-10-18-15-19/h3-5,7-8,10,13,15H,2,6,9,11-12,14H2,1H3. The monoisotopic (exact) mass is 285 g/mol. The van der Waals surface area contributed by atoms with Crippen molar-refractivity contribution in [3.63, 3.8) is 0 Å². The van der Waals surface area contributed by atoms with Gasteiger partial charge in [-0.3, -0.25) is 4.79 Å². The first-order valence-electron chi connectivity index (χ1n) is 7.57. The van der Waals surface area contributed by atoms with Gasteiger partial charge in [-0.15, -0.1) is 0 Å². The largest absolute Gasteiger partial charge is 0.338 e. The zero-order valence-electron chi connectivity index (χ0n) is 12.6. The van der Waals surface area contributed by atoms with Gasteiger partial charge in [0, 0.05) is 38.4 Å². The average Bonchev–Trinajstić information content (AvgIpc) is 3.01. The zero-order chi connectivity index (χ0) is 14.9. The number of aromatic nitrogens is 2. The summed E-state index contributed by atoms with van der Waals surface area (Å²) in [5.41, 5.74) is 1.19. The number of rotatable bonds is 8. The first kappa shape index (κ1) is 15.3. The molecule has 0 N–H and O–H groups in total. The minimum atomic E-state index is 0.237. The van der Waals surface area contributed by atoms with E-state index in [1.165, 1.54) is 5.56 Å². The Morgan fingerprint density at radius 2 is 2.10 bits per heavy atom. The van der Waals surface area contributed by atoms with Crippen LogP contribution in [-0.4, -0.2) is 26.9 Å². The average molecular weight is 285 g/mol. The molecule has 0 saturated heterocycles. The van der Waals surface area contributed by atoms with E-state index in [0.29, 0.717) is 13.0 Å². The first-order valence-corrected chi connectivity index (χ1v) is 7.57. The molecule has 4 nitrogen and oxygen atoms in total. The summed E-state index contributed by atoms with van der Waals surface area (Å²) in [6.45, 7) is 4.48. The Bertz CT molecular complexity index is 522. The number of aryl methyl sites for hydroxylation is 1. The van der Waals surface area contributed by atoms with Crippen molar-refractivity contribution in [3.05, 3.63) is 54.6 Å². The third-order valence-corrected chi connectivity index (χ3v) is 3.43. The molecule has 0 spiro atoms. The predicted octanol–water partition coefficient (Wildman–Crippen LogP) is 3.10. The maximum Gasteiger partial charge on any atom is 0.222 e. The number of amides is 1. The SMILES string of the molecule is CCCN(Cc1ccccc1)C(=O)CCCn1ccnc1. The molecule has 2 rings (SSSR count). The van der Waals surface area contributed by atoms with E-state index in [9.17, 15) is 4.79 Å². The van der Waals surface area contributed by atoms with E-state index in [0.717, 1.165) is 25.9 Å². The smallest absolute Gasteiger partial charge is 0.222 e. The summed E-state index contributed by atoms with van der Waals surface area (Å²) < 4.78 is 2.01. The number of carbonyl (C=O) groups is 1. The van der Waals surface area contributed by atoms with Gasteiger partial charge in [-0.2, -0.15) is 0 Å². The Morgan fingerprint density at radius 1 is 1.29 bits per heavy atom. The van der Waals surface area contributed by atoms with Gasteiger partial charge in [-0.1, -0.05) is 37.3 Å². The van der Waals surface area contributed by atoms with Gasteiger partial charge in [-0.25, -0.2) is 4.98 Å². The Balaban J connectivity index is 1.83. The molecular formula is C17H23N3O. The van der Waals surface area contributed by atoms with Gasteiger partial charge in [0.15, 0.2) is 0 Å². The van der Waals surface area contributed by atoms with E-state index >= 15 is 0 Å². The van der Waals surface area contributed by atoms with E-state index in [2.05, 4.69) is 24.0 Å². The van der Waals surface area contributed by atoms with Gasteiger partial charge in [0.2, 0.25) is 5.91 Å². The van der Waals surface area contributed by atoms with Crippen LogP contribution in [0.3, 0.4) is 0 Å². The number of carbonyl (C=O) groups excluding carboxylic acids is 1. The van der Waals surface area contributed by atoms with E-state index in [1.807, 2.05) is 33.9 Å². The lowest BCUT2D eigenvalue weighted by molar-refractivity contribution is -0.132. The molecular weight excluding hydrogens is 262 g/mol. The molecule has 21 heavy (non-hydrogen) atoms.